The van der Waals surface area contributed by atoms with Crippen LogP contribution in [-0.4, -0.2) is 40.0 Å². The van der Waals surface area contributed by atoms with Crippen molar-refractivity contribution >= 4 is 17.3 Å². The van der Waals surface area contributed by atoms with Gasteiger partial charge in [-0.15, -0.1) is 0 Å². The summed E-state index contributed by atoms with van der Waals surface area (Å²) in [5.74, 6) is 0.420. The fourth-order valence-electron chi connectivity index (χ4n) is 3.90. The molecule has 0 bridgehead atoms. The molecule has 1 aromatic heterocycles. The number of amides is 1. The summed E-state index contributed by atoms with van der Waals surface area (Å²) >= 11 is 0. The number of rotatable bonds is 4. The first-order valence-corrected chi connectivity index (χ1v) is 9.60. The topological polar surface area (TPSA) is 80.5 Å². The third kappa shape index (κ3) is 4.44. The molecule has 2 heterocycles. The minimum absolute atomic E-state index is 0.0543. The van der Waals surface area contributed by atoms with Crippen molar-refractivity contribution in [2.24, 2.45) is 0 Å². The summed E-state index contributed by atoms with van der Waals surface area (Å²) in [7, 11) is 2.17. The number of carbonyl (C=O) groups excluding carboxylic acids is 1. The van der Waals surface area contributed by atoms with Crippen LogP contribution in [-0.2, 0) is 0 Å². The largest absolute Gasteiger partial charge is 0.489 e. The number of nitrogens with two attached hydrogens (primary N) is 1. The van der Waals surface area contributed by atoms with Crippen molar-refractivity contribution in [3.05, 3.63) is 48.3 Å². The Bertz CT molecular complexity index is 811. The van der Waals surface area contributed by atoms with Crippen molar-refractivity contribution in [1.82, 2.24) is 9.88 Å². The molecule has 1 aliphatic heterocycles. The van der Waals surface area contributed by atoms with Gasteiger partial charge in [0.2, 0.25) is 0 Å². The number of nitrogens with zero attached hydrogens (tertiary/aromatic N) is 2. The number of nitrogen functional groups attached to an aromatic ring is 1. The average Bonchev–Trinajstić information content (AvgIpc) is 2.62. The van der Waals surface area contributed by atoms with Crippen molar-refractivity contribution in [3.8, 4) is 5.75 Å². The van der Waals surface area contributed by atoms with E-state index in [9.17, 15) is 4.79 Å². The van der Waals surface area contributed by atoms with Crippen LogP contribution in [0.4, 0.5) is 11.4 Å². The summed E-state index contributed by atoms with van der Waals surface area (Å²) in [5.41, 5.74) is 7.44. The molecular formula is C22H30N4O2. The third-order valence-corrected chi connectivity index (χ3v) is 5.71. The van der Waals surface area contributed by atoms with Crippen LogP contribution in [0.5, 0.6) is 5.75 Å². The second kappa shape index (κ2) is 7.43. The summed E-state index contributed by atoms with van der Waals surface area (Å²) in [6.45, 7) is 8.97. The summed E-state index contributed by atoms with van der Waals surface area (Å²) in [6, 6.07) is 10.5. The van der Waals surface area contributed by atoms with E-state index in [0.29, 0.717) is 22.8 Å². The second-order valence-electron chi connectivity index (χ2n) is 8.79. The van der Waals surface area contributed by atoms with Crippen molar-refractivity contribution in [2.45, 2.75) is 57.7 Å². The highest BCUT2D eigenvalue weighted by molar-refractivity contribution is 6.02. The zero-order valence-electron chi connectivity index (χ0n) is 17.3. The molecule has 2 aromatic rings. The molecule has 1 saturated heterocycles. The molecule has 0 saturated carbocycles. The molecule has 150 valence electrons. The molecular weight excluding hydrogens is 352 g/mol. The van der Waals surface area contributed by atoms with Gasteiger partial charge in [0.1, 0.15) is 17.5 Å². The number of likely N-dealkylation sites (tertiary alicyclic amines) is 1. The molecule has 0 radical (unpaired) electrons. The Kier molecular flexibility index (Phi) is 5.35. The Hall–Kier alpha value is -2.60. The molecule has 6 nitrogen and oxygen atoms in total. The number of carbonyl (C=O) groups is 1. The van der Waals surface area contributed by atoms with E-state index >= 15 is 0 Å². The summed E-state index contributed by atoms with van der Waals surface area (Å²) in [4.78, 5) is 19.0. The minimum Gasteiger partial charge on any atom is -0.489 e. The van der Waals surface area contributed by atoms with Gasteiger partial charge in [0.25, 0.3) is 5.91 Å². The summed E-state index contributed by atoms with van der Waals surface area (Å²) in [5, 5.41) is 2.81. The molecule has 0 aliphatic carbocycles. The van der Waals surface area contributed by atoms with Gasteiger partial charge in [-0.3, -0.25) is 9.69 Å². The van der Waals surface area contributed by atoms with Crippen molar-refractivity contribution in [1.29, 1.82) is 0 Å². The number of anilines is 2. The predicted molar refractivity (Wildman–Crippen MR) is 113 cm³/mol. The van der Waals surface area contributed by atoms with Crippen molar-refractivity contribution in [3.63, 3.8) is 0 Å². The molecule has 3 N–H and O–H groups in total. The molecule has 0 unspecified atom stereocenters. The molecule has 1 aromatic carbocycles. The first-order valence-electron chi connectivity index (χ1n) is 9.60. The molecule has 0 spiro atoms. The number of ether oxygens (including phenoxy) is 1. The molecule has 6 heteroatoms. The van der Waals surface area contributed by atoms with E-state index in [2.05, 4.69) is 49.9 Å². The number of benzene rings is 1. The lowest BCUT2D eigenvalue weighted by Gasteiger charge is -2.53. The van der Waals surface area contributed by atoms with Gasteiger partial charge in [0, 0.05) is 35.3 Å². The summed E-state index contributed by atoms with van der Waals surface area (Å²) in [6.07, 6.45) is 3.60. The van der Waals surface area contributed by atoms with Crippen LogP contribution in [0.1, 0.15) is 51.0 Å². The van der Waals surface area contributed by atoms with Crippen molar-refractivity contribution in [2.75, 3.05) is 18.1 Å². The SMILES string of the molecule is CN1C(C)(C)CC(Oc2ccc(C(=O)Nc3ccc(N)cc3)nc2)CC1(C)C. The fraction of sp³-hybridized carbons (Fsp3) is 0.455. The highest BCUT2D eigenvalue weighted by atomic mass is 16.5. The maximum atomic E-state index is 12.4. The first kappa shape index (κ1) is 20.1. The Balaban J connectivity index is 1.64. The Morgan fingerprint density at radius 3 is 2.25 bits per heavy atom. The van der Waals surface area contributed by atoms with E-state index in [1.54, 1.807) is 36.5 Å². The van der Waals surface area contributed by atoms with E-state index in [4.69, 9.17) is 10.5 Å². The van der Waals surface area contributed by atoms with E-state index in [-0.39, 0.29) is 23.1 Å². The Labute approximate surface area is 167 Å². The zero-order valence-corrected chi connectivity index (χ0v) is 17.3. The predicted octanol–water partition coefficient (Wildman–Crippen LogP) is 3.95. The lowest BCUT2D eigenvalue weighted by atomic mass is 9.79. The number of pyridine rings is 1. The zero-order chi connectivity index (χ0) is 20.5. The molecule has 28 heavy (non-hydrogen) atoms. The second-order valence-corrected chi connectivity index (χ2v) is 8.79. The lowest BCUT2D eigenvalue weighted by Crippen LogP contribution is -2.60. The number of aromatic nitrogens is 1. The third-order valence-electron chi connectivity index (χ3n) is 5.71. The van der Waals surface area contributed by atoms with E-state index in [1.165, 1.54) is 0 Å². The van der Waals surface area contributed by atoms with Crippen LogP contribution >= 0.6 is 0 Å². The number of hydrogen-bond donors (Lipinski definition) is 2. The van der Waals surface area contributed by atoms with Gasteiger partial charge in [-0.25, -0.2) is 4.98 Å². The van der Waals surface area contributed by atoms with Crippen LogP contribution in [0.2, 0.25) is 0 Å². The van der Waals surface area contributed by atoms with Crippen LogP contribution in [0.15, 0.2) is 42.6 Å². The molecule has 3 rings (SSSR count). The monoisotopic (exact) mass is 382 g/mol. The quantitative estimate of drug-likeness (QED) is 0.783. The van der Waals surface area contributed by atoms with E-state index in [0.717, 1.165) is 12.8 Å². The van der Waals surface area contributed by atoms with E-state index < -0.39 is 0 Å². The van der Waals surface area contributed by atoms with Crippen LogP contribution in [0, 0.1) is 0 Å². The standard InChI is InChI=1S/C22H30N4O2/c1-21(2)12-18(13-22(3,4)26(21)5)28-17-10-11-19(24-14-17)20(27)25-16-8-6-15(23)7-9-16/h6-11,14,18H,12-13,23H2,1-5H3,(H,25,27). The van der Waals surface area contributed by atoms with Crippen LogP contribution in [0.3, 0.4) is 0 Å². The summed E-state index contributed by atoms with van der Waals surface area (Å²) < 4.78 is 6.21. The van der Waals surface area contributed by atoms with Crippen LogP contribution < -0.4 is 15.8 Å². The van der Waals surface area contributed by atoms with Gasteiger partial charge in [-0.05, 0) is 71.1 Å². The number of piperidine rings is 1. The minimum atomic E-state index is -0.266. The molecule has 1 aliphatic rings. The van der Waals surface area contributed by atoms with Gasteiger partial charge < -0.3 is 15.8 Å². The van der Waals surface area contributed by atoms with Gasteiger partial charge in [0.05, 0.1) is 6.20 Å². The molecule has 1 fully saturated rings. The van der Waals surface area contributed by atoms with Crippen molar-refractivity contribution < 1.29 is 9.53 Å². The average molecular weight is 383 g/mol. The first-order chi connectivity index (χ1) is 13.1. The Morgan fingerprint density at radius 1 is 1.11 bits per heavy atom. The normalized spacial score (nSPS) is 19.2. The smallest absolute Gasteiger partial charge is 0.274 e. The fourth-order valence-corrected chi connectivity index (χ4v) is 3.90. The maximum Gasteiger partial charge on any atom is 0.274 e. The van der Waals surface area contributed by atoms with E-state index in [1.807, 2.05) is 6.07 Å². The van der Waals surface area contributed by atoms with Gasteiger partial charge >= 0.3 is 0 Å². The van der Waals surface area contributed by atoms with Gasteiger partial charge in [-0.2, -0.15) is 0 Å². The van der Waals surface area contributed by atoms with Gasteiger partial charge in [-0.1, -0.05) is 0 Å². The number of nitrogens with one attached hydrogen (secondary N) is 1. The van der Waals surface area contributed by atoms with Gasteiger partial charge in [0.15, 0.2) is 0 Å². The molecule has 0 atom stereocenters. The lowest BCUT2D eigenvalue weighted by molar-refractivity contribution is -0.0557. The number of hydrogen-bond acceptors (Lipinski definition) is 5. The highest BCUT2D eigenvalue weighted by Crippen LogP contribution is 2.38. The van der Waals surface area contributed by atoms with Crippen LogP contribution in [0.25, 0.3) is 0 Å². The highest BCUT2D eigenvalue weighted by Gasteiger charge is 2.43. The Morgan fingerprint density at radius 2 is 1.71 bits per heavy atom. The molecule has 1 amide bonds. The maximum absolute atomic E-state index is 12.4.